The molecule has 2 rings (SSSR count). The quantitative estimate of drug-likeness (QED) is 0.814. The number of aromatic amines is 2. The lowest BCUT2D eigenvalue weighted by Crippen LogP contribution is -2.41. The molecule has 0 radical (unpaired) electrons. The molecule has 2 N–H and O–H groups in total. The van der Waals surface area contributed by atoms with E-state index < -0.39 is 0 Å². The predicted molar refractivity (Wildman–Crippen MR) is 78.8 cm³/mol. The molecular formula is C15H25N3O2. The van der Waals surface area contributed by atoms with E-state index in [0.717, 1.165) is 32.2 Å². The van der Waals surface area contributed by atoms with Gasteiger partial charge in [0.05, 0.1) is 0 Å². The molecule has 1 aromatic heterocycles. The van der Waals surface area contributed by atoms with Crippen LogP contribution in [0.5, 0.6) is 0 Å². The van der Waals surface area contributed by atoms with Crippen LogP contribution in [0.3, 0.4) is 0 Å². The summed E-state index contributed by atoms with van der Waals surface area (Å²) in [5.41, 5.74) is 0.0695. The van der Waals surface area contributed by atoms with Crippen molar-refractivity contribution in [3.05, 3.63) is 22.4 Å². The van der Waals surface area contributed by atoms with E-state index in [-0.39, 0.29) is 11.6 Å². The Kier molecular flexibility index (Phi) is 5.44. The molecule has 0 unspecified atom stereocenters. The van der Waals surface area contributed by atoms with Crippen LogP contribution in [-0.4, -0.2) is 33.4 Å². The van der Waals surface area contributed by atoms with Crippen LogP contribution in [0.4, 0.5) is 0 Å². The Balaban J connectivity index is 2.12. The normalized spacial score (nSPS) is 16.9. The first-order valence-electron chi connectivity index (χ1n) is 7.81. The van der Waals surface area contributed by atoms with Gasteiger partial charge in [0.25, 0.3) is 5.91 Å². The average molecular weight is 279 g/mol. The van der Waals surface area contributed by atoms with Gasteiger partial charge in [-0.3, -0.25) is 4.79 Å². The summed E-state index contributed by atoms with van der Waals surface area (Å²) in [4.78, 5) is 30.9. The fourth-order valence-corrected chi connectivity index (χ4v) is 2.95. The van der Waals surface area contributed by atoms with Gasteiger partial charge in [-0.05, 0) is 19.3 Å². The molecule has 0 bridgehead atoms. The minimum absolute atomic E-state index is 0.0382. The van der Waals surface area contributed by atoms with E-state index in [1.54, 1.807) is 0 Å². The van der Waals surface area contributed by atoms with Gasteiger partial charge >= 0.3 is 5.69 Å². The van der Waals surface area contributed by atoms with E-state index in [0.29, 0.717) is 11.7 Å². The number of aromatic nitrogens is 2. The lowest BCUT2D eigenvalue weighted by molar-refractivity contribution is 0.0651. The molecule has 0 saturated heterocycles. The first kappa shape index (κ1) is 14.9. The maximum absolute atomic E-state index is 12.6. The summed E-state index contributed by atoms with van der Waals surface area (Å²) in [6, 6.07) is 0.329. The number of carbonyl (C=O) groups is 1. The Morgan fingerprint density at radius 3 is 2.55 bits per heavy atom. The van der Waals surface area contributed by atoms with Crippen LogP contribution in [0.15, 0.2) is 11.0 Å². The highest BCUT2D eigenvalue weighted by Crippen LogP contribution is 2.23. The lowest BCUT2D eigenvalue weighted by atomic mass is 10.1. The monoisotopic (exact) mass is 279 g/mol. The number of amides is 1. The second-order valence-corrected chi connectivity index (χ2v) is 5.65. The molecule has 0 spiro atoms. The van der Waals surface area contributed by atoms with Crippen LogP contribution in [0.2, 0.25) is 0 Å². The highest BCUT2D eigenvalue weighted by Gasteiger charge is 2.25. The van der Waals surface area contributed by atoms with Crippen molar-refractivity contribution < 1.29 is 4.79 Å². The molecule has 1 saturated carbocycles. The van der Waals surface area contributed by atoms with Gasteiger partial charge in [-0.1, -0.05) is 39.0 Å². The van der Waals surface area contributed by atoms with Gasteiger partial charge < -0.3 is 14.9 Å². The lowest BCUT2D eigenvalue weighted by Gasteiger charge is -2.31. The highest BCUT2D eigenvalue weighted by atomic mass is 16.2. The topological polar surface area (TPSA) is 69.0 Å². The van der Waals surface area contributed by atoms with E-state index in [4.69, 9.17) is 0 Å². The summed E-state index contributed by atoms with van der Waals surface area (Å²) < 4.78 is 0. The minimum atomic E-state index is -0.315. The van der Waals surface area contributed by atoms with E-state index in [1.807, 2.05) is 4.90 Å². The fourth-order valence-electron chi connectivity index (χ4n) is 2.95. The number of imidazole rings is 1. The molecule has 5 heteroatoms. The number of hydrogen-bond donors (Lipinski definition) is 2. The van der Waals surface area contributed by atoms with Gasteiger partial charge in [0.15, 0.2) is 0 Å². The maximum atomic E-state index is 12.6. The van der Waals surface area contributed by atoms with E-state index in [2.05, 4.69) is 16.9 Å². The maximum Gasteiger partial charge on any atom is 0.323 e. The van der Waals surface area contributed by atoms with Crippen molar-refractivity contribution in [2.75, 3.05) is 6.54 Å². The summed E-state index contributed by atoms with van der Waals surface area (Å²) >= 11 is 0. The Bertz CT molecular complexity index is 469. The van der Waals surface area contributed by atoms with E-state index in [1.165, 1.54) is 31.9 Å². The summed E-state index contributed by atoms with van der Waals surface area (Å²) in [5.74, 6) is -0.0382. The van der Waals surface area contributed by atoms with Crippen LogP contribution in [0, 0.1) is 0 Å². The molecule has 1 aliphatic carbocycles. The molecule has 0 aromatic carbocycles. The number of nitrogens with one attached hydrogen (secondary N) is 2. The Morgan fingerprint density at radius 1 is 1.30 bits per heavy atom. The summed E-state index contributed by atoms with van der Waals surface area (Å²) in [7, 11) is 0. The molecule has 1 amide bonds. The van der Waals surface area contributed by atoms with Crippen molar-refractivity contribution in [1.29, 1.82) is 0 Å². The molecule has 1 aromatic rings. The number of rotatable bonds is 5. The number of unbranched alkanes of at least 4 members (excludes halogenated alkanes) is 1. The Hall–Kier alpha value is -1.52. The van der Waals surface area contributed by atoms with Crippen LogP contribution < -0.4 is 5.69 Å². The van der Waals surface area contributed by atoms with Gasteiger partial charge in [0.2, 0.25) is 0 Å². The van der Waals surface area contributed by atoms with Crippen LogP contribution >= 0.6 is 0 Å². The van der Waals surface area contributed by atoms with Crippen molar-refractivity contribution in [2.45, 2.75) is 64.3 Å². The molecule has 0 atom stereocenters. The average Bonchev–Trinajstić information content (AvgIpc) is 2.72. The predicted octanol–water partition coefficient (Wildman–Crippen LogP) is 2.67. The van der Waals surface area contributed by atoms with Crippen LogP contribution in [0.25, 0.3) is 0 Å². The second kappa shape index (κ2) is 7.31. The summed E-state index contributed by atoms with van der Waals surface area (Å²) in [5, 5.41) is 0. The number of hydrogen-bond acceptors (Lipinski definition) is 2. The van der Waals surface area contributed by atoms with Gasteiger partial charge in [-0.25, -0.2) is 4.79 Å². The van der Waals surface area contributed by atoms with Crippen molar-refractivity contribution in [1.82, 2.24) is 14.9 Å². The van der Waals surface area contributed by atoms with E-state index >= 15 is 0 Å². The first-order chi connectivity index (χ1) is 9.72. The van der Waals surface area contributed by atoms with E-state index in [9.17, 15) is 9.59 Å². The fraction of sp³-hybridized carbons (Fsp3) is 0.733. The van der Waals surface area contributed by atoms with Crippen molar-refractivity contribution >= 4 is 5.91 Å². The molecule has 0 aliphatic heterocycles. The molecule has 1 heterocycles. The van der Waals surface area contributed by atoms with Crippen LogP contribution in [-0.2, 0) is 0 Å². The van der Waals surface area contributed by atoms with Gasteiger partial charge in [0, 0.05) is 18.8 Å². The first-order valence-corrected chi connectivity index (χ1v) is 7.81. The smallest absolute Gasteiger partial charge is 0.323 e. The molecular weight excluding hydrogens is 254 g/mol. The standard InChI is InChI=1S/C15H25N3O2/c1-2-3-10-18(12-8-6-4-5-7-9-12)14(19)13-11-16-15(20)17-13/h11-12H,2-10H2,1H3,(H2,16,17,20). The molecule has 112 valence electrons. The Morgan fingerprint density at radius 2 is 2.00 bits per heavy atom. The van der Waals surface area contributed by atoms with Crippen molar-refractivity contribution in [2.24, 2.45) is 0 Å². The zero-order valence-corrected chi connectivity index (χ0v) is 12.3. The number of H-pyrrole nitrogens is 2. The third-order valence-corrected chi connectivity index (χ3v) is 4.11. The van der Waals surface area contributed by atoms with Gasteiger partial charge in [-0.2, -0.15) is 0 Å². The summed E-state index contributed by atoms with van der Waals surface area (Å²) in [6.07, 6.45) is 10.7. The summed E-state index contributed by atoms with van der Waals surface area (Å²) in [6.45, 7) is 2.92. The van der Waals surface area contributed by atoms with Gasteiger partial charge in [0.1, 0.15) is 5.69 Å². The zero-order chi connectivity index (χ0) is 14.4. The van der Waals surface area contributed by atoms with Crippen molar-refractivity contribution in [3.63, 3.8) is 0 Å². The third-order valence-electron chi connectivity index (χ3n) is 4.11. The minimum Gasteiger partial charge on any atom is -0.334 e. The molecule has 1 aliphatic rings. The second-order valence-electron chi connectivity index (χ2n) is 5.65. The highest BCUT2D eigenvalue weighted by molar-refractivity contribution is 5.92. The molecule has 1 fully saturated rings. The molecule has 20 heavy (non-hydrogen) atoms. The SMILES string of the molecule is CCCCN(C(=O)c1c[nH]c(=O)[nH]1)C1CCCCCC1. The van der Waals surface area contributed by atoms with Crippen molar-refractivity contribution in [3.8, 4) is 0 Å². The number of nitrogens with zero attached hydrogens (tertiary/aromatic N) is 1. The number of carbonyl (C=O) groups excluding carboxylic acids is 1. The Labute approximate surface area is 119 Å². The molecule has 5 nitrogen and oxygen atoms in total. The largest absolute Gasteiger partial charge is 0.334 e. The van der Waals surface area contributed by atoms with Crippen LogP contribution in [0.1, 0.15) is 68.8 Å². The van der Waals surface area contributed by atoms with Gasteiger partial charge in [-0.15, -0.1) is 0 Å². The third kappa shape index (κ3) is 3.74. The zero-order valence-electron chi connectivity index (χ0n) is 12.3.